The lowest BCUT2D eigenvalue weighted by Gasteiger charge is -2.23. The van der Waals surface area contributed by atoms with Gasteiger partial charge in [-0.15, -0.1) is 11.3 Å². The summed E-state index contributed by atoms with van der Waals surface area (Å²) in [5.74, 6) is 0.410. The number of thiazole rings is 1. The van der Waals surface area contributed by atoms with Crippen LogP contribution in [0, 0.1) is 6.92 Å². The van der Waals surface area contributed by atoms with Crippen LogP contribution in [0.5, 0.6) is 5.75 Å². The number of halogens is 1. The van der Waals surface area contributed by atoms with Gasteiger partial charge in [0.15, 0.2) is 5.13 Å². The maximum Gasteiger partial charge on any atom is 0.244 e. The molecule has 1 aromatic heterocycles. The van der Waals surface area contributed by atoms with Crippen molar-refractivity contribution in [1.29, 1.82) is 0 Å². The number of carbonyl (C=O) groups is 1. The maximum absolute atomic E-state index is 13.1. The van der Waals surface area contributed by atoms with E-state index in [4.69, 9.17) is 16.3 Å². The largest absolute Gasteiger partial charge is 0.496 e. The first-order valence-corrected chi connectivity index (χ1v) is 12.7. The molecule has 1 amide bonds. The van der Waals surface area contributed by atoms with Gasteiger partial charge in [0.2, 0.25) is 15.9 Å². The fourth-order valence-electron chi connectivity index (χ4n) is 3.72. The van der Waals surface area contributed by atoms with Crippen LogP contribution in [0.25, 0.3) is 11.3 Å². The summed E-state index contributed by atoms with van der Waals surface area (Å²) in [6, 6.07) is 10.9. The van der Waals surface area contributed by atoms with Gasteiger partial charge in [0.05, 0.1) is 17.7 Å². The SMILES string of the molecule is COc1ccc(-c2csc(NC(=O)C3CCCN3S(=O)(=O)c3ccc(Cl)cc3)n2)cc1C. The summed E-state index contributed by atoms with van der Waals surface area (Å²) in [5, 5.41) is 5.52. The number of methoxy groups -OCH3 is 1. The van der Waals surface area contributed by atoms with E-state index in [0.717, 1.165) is 22.6 Å². The highest BCUT2D eigenvalue weighted by Crippen LogP contribution is 2.31. The van der Waals surface area contributed by atoms with Crippen molar-refractivity contribution in [2.24, 2.45) is 0 Å². The predicted octanol–water partition coefficient (Wildman–Crippen LogP) is 4.57. The van der Waals surface area contributed by atoms with Gasteiger partial charge < -0.3 is 10.1 Å². The zero-order valence-electron chi connectivity index (χ0n) is 17.5. The average molecular weight is 492 g/mol. The van der Waals surface area contributed by atoms with Crippen molar-refractivity contribution in [2.75, 3.05) is 19.0 Å². The van der Waals surface area contributed by atoms with Crippen LogP contribution in [0.4, 0.5) is 5.13 Å². The second-order valence-electron chi connectivity index (χ2n) is 7.44. The van der Waals surface area contributed by atoms with Crippen LogP contribution in [0.1, 0.15) is 18.4 Å². The molecule has 1 fully saturated rings. The summed E-state index contributed by atoms with van der Waals surface area (Å²) in [6.07, 6.45) is 1.06. The lowest BCUT2D eigenvalue weighted by molar-refractivity contribution is -0.119. The standard InChI is InChI=1S/C22H22ClN3O4S2/c1-14-12-15(5-10-20(14)30-2)18-13-31-22(24-18)25-21(27)19-4-3-11-26(19)32(28,29)17-8-6-16(23)7-9-17/h5-10,12-13,19H,3-4,11H2,1-2H3,(H,24,25,27). The van der Waals surface area contributed by atoms with Gasteiger partial charge in [-0.3, -0.25) is 4.79 Å². The fourth-order valence-corrected chi connectivity index (χ4v) is 6.23. The molecule has 7 nitrogen and oxygen atoms in total. The molecule has 32 heavy (non-hydrogen) atoms. The van der Waals surface area contributed by atoms with Crippen molar-refractivity contribution >= 4 is 44.0 Å². The molecule has 1 aliphatic rings. The topological polar surface area (TPSA) is 88.6 Å². The Morgan fingerprint density at radius 2 is 2.00 bits per heavy atom. The molecule has 4 rings (SSSR count). The van der Waals surface area contributed by atoms with E-state index in [1.807, 2.05) is 30.5 Å². The van der Waals surface area contributed by atoms with E-state index in [1.54, 1.807) is 7.11 Å². The normalized spacial score (nSPS) is 16.8. The summed E-state index contributed by atoms with van der Waals surface area (Å²) in [6.45, 7) is 2.24. The Hall–Kier alpha value is -2.46. The van der Waals surface area contributed by atoms with Crippen LogP contribution in [-0.2, 0) is 14.8 Å². The monoisotopic (exact) mass is 491 g/mol. The second kappa shape index (κ2) is 9.19. The molecule has 1 atom stereocenters. The number of anilines is 1. The number of benzene rings is 2. The Morgan fingerprint density at radius 3 is 2.69 bits per heavy atom. The molecule has 0 saturated carbocycles. The molecular weight excluding hydrogens is 470 g/mol. The van der Waals surface area contributed by atoms with Crippen LogP contribution in [0.2, 0.25) is 5.02 Å². The van der Waals surface area contributed by atoms with E-state index in [2.05, 4.69) is 10.3 Å². The van der Waals surface area contributed by atoms with Crippen molar-refractivity contribution in [3.05, 3.63) is 58.4 Å². The summed E-state index contributed by atoms with van der Waals surface area (Å²) in [7, 11) is -2.18. The number of amides is 1. The van der Waals surface area contributed by atoms with Crippen LogP contribution in [-0.4, -0.2) is 43.3 Å². The van der Waals surface area contributed by atoms with E-state index in [-0.39, 0.29) is 17.3 Å². The number of nitrogens with one attached hydrogen (secondary N) is 1. The van der Waals surface area contributed by atoms with Crippen molar-refractivity contribution < 1.29 is 17.9 Å². The van der Waals surface area contributed by atoms with Crippen LogP contribution < -0.4 is 10.1 Å². The van der Waals surface area contributed by atoms with Gasteiger partial charge in [-0.1, -0.05) is 11.6 Å². The summed E-state index contributed by atoms with van der Waals surface area (Å²) in [5.41, 5.74) is 2.62. The van der Waals surface area contributed by atoms with Crippen LogP contribution in [0.3, 0.4) is 0 Å². The molecule has 2 aromatic carbocycles. The first-order valence-electron chi connectivity index (χ1n) is 9.98. The van der Waals surface area contributed by atoms with Gasteiger partial charge in [-0.05, 0) is 67.8 Å². The van der Waals surface area contributed by atoms with Crippen molar-refractivity contribution in [3.8, 4) is 17.0 Å². The highest BCUT2D eigenvalue weighted by atomic mass is 35.5. The Morgan fingerprint density at radius 1 is 1.25 bits per heavy atom. The van der Waals surface area contributed by atoms with Crippen molar-refractivity contribution in [2.45, 2.75) is 30.7 Å². The lowest BCUT2D eigenvalue weighted by Crippen LogP contribution is -2.43. The van der Waals surface area contributed by atoms with Gasteiger partial charge in [-0.2, -0.15) is 4.31 Å². The van der Waals surface area contributed by atoms with Gasteiger partial charge >= 0.3 is 0 Å². The third-order valence-corrected chi connectivity index (χ3v) is 8.28. The maximum atomic E-state index is 13.1. The lowest BCUT2D eigenvalue weighted by atomic mass is 10.1. The number of carbonyl (C=O) groups excluding carboxylic acids is 1. The van der Waals surface area contributed by atoms with Crippen LogP contribution in [0.15, 0.2) is 52.7 Å². The van der Waals surface area contributed by atoms with Gasteiger partial charge in [0.1, 0.15) is 11.8 Å². The second-order valence-corrected chi connectivity index (χ2v) is 10.6. The van der Waals surface area contributed by atoms with E-state index in [9.17, 15) is 13.2 Å². The highest BCUT2D eigenvalue weighted by Gasteiger charge is 2.39. The number of rotatable bonds is 6. The smallest absolute Gasteiger partial charge is 0.244 e. The number of ether oxygens (including phenoxy) is 1. The summed E-state index contributed by atoms with van der Waals surface area (Å²) in [4.78, 5) is 17.6. The first-order chi connectivity index (χ1) is 15.3. The number of hydrogen-bond acceptors (Lipinski definition) is 6. The van der Waals surface area contributed by atoms with E-state index < -0.39 is 16.1 Å². The zero-order chi connectivity index (χ0) is 22.9. The molecule has 0 radical (unpaired) electrons. The molecule has 1 unspecified atom stereocenters. The van der Waals surface area contributed by atoms with Crippen LogP contribution >= 0.6 is 22.9 Å². The molecule has 1 aliphatic heterocycles. The molecule has 10 heteroatoms. The summed E-state index contributed by atoms with van der Waals surface area (Å²) < 4.78 is 32.7. The molecule has 168 valence electrons. The predicted molar refractivity (Wildman–Crippen MR) is 126 cm³/mol. The number of aryl methyl sites for hydroxylation is 1. The number of sulfonamides is 1. The fraction of sp³-hybridized carbons (Fsp3) is 0.273. The average Bonchev–Trinajstić information content (AvgIpc) is 3.44. The minimum atomic E-state index is -3.81. The van der Waals surface area contributed by atoms with Crippen molar-refractivity contribution in [3.63, 3.8) is 0 Å². The Bertz CT molecular complexity index is 1240. The Kier molecular flexibility index (Phi) is 6.52. The minimum absolute atomic E-state index is 0.119. The summed E-state index contributed by atoms with van der Waals surface area (Å²) >= 11 is 7.17. The first kappa shape index (κ1) is 22.7. The zero-order valence-corrected chi connectivity index (χ0v) is 19.9. The third-order valence-electron chi connectivity index (χ3n) is 5.35. The molecule has 1 saturated heterocycles. The van der Waals surface area contributed by atoms with E-state index >= 15 is 0 Å². The van der Waals surface area contributed by atoms with E-state index in [1.165, 1.54) is 39.9 Å². The molecule has 0 bridgehead atoms. The number of aromatic nitrogens is 1. The molecular formula is C22H22ClN3O4S2. The Balaban J connectivity index is 1.50. The Labute approximate surface area is 196 Å². The molecule has 1 N–H and O–H groups in total. The molecule has 2 heterocycles. The molecule has 0 aliphatic carbocycles. The van der Waals surface area contributed by atoms with Gasteiger partial charge in [0, 0.05) is 22.5 Å². The number of nitrogens with zero attached hydrogens (tertiary/aromatic N) is 2. The molecule has 0 spiro atoms. The quantitative estimate of drug-likeness (QED) is 0.545. The highest BCUT2D eigenvalue weighted by molar-refractivity contribution is 7.89. The number of hydrogen-bond donors (Lipinski definition) is 1. The van der Waals surface area contributed by atoms with Gasteiger partial charge in [-0.25, -0.2) is 13.4 Å². The molecule has 3 aromatic rings. The van der Waals surface area contributed by atoms with Crippen molar-refractivity contribution in [1.82, 2.24) is 9.29 Å². The third kappa shape index (κ3) is 4.52. The van der Waals surface area contributed by atoms with Gasteiger partial charge in [0.25, 0.3) is 0 Å². The van der Waals surface area contributed by atoms with E-state index in [0.29, 0.717) is 23.0 Å². The minimum Gasteiger partial charge on any atom is -0.496 e.